The van der Waals surface area contributed by atoms with E-state index in [1.807, 2.05) is 66.7 Å². The number of amides is 1. The molecule has 144 valence electrons. The number of hydrogen-bond acceptors (Lipinski definition) is 5. The smallest absolute Gasteiger partial charge is 0.238 e. The molecule has 1 N–H and O–H groups in total. The summed E-state index contributed by atoms with van der Waals surface area (Å²) in [6, 6.07) is 21.1. The highest BCUT2D eigenvalue weighted by Gasteiger charge is 2.24. The number of ether oxygens (including phenoxy) is 1. The number of aromatic nitrogens is 2. The Balaban J connectivity index is 1.63. The molecule has 4 rings (SSSR count). The SMILES string of the molecule is COc1cccc(C(C(=O)Nc2ncc(-c3cccnc3)s2)c2ccccc2)c1. The number of thiazole rings is 1. The Morgan fingerprint density at radius 3 is 2.59 bits per heavy atom. The van der Waals surface area contributed by atoms with E-state index in [0.717, 1.165) is 21.6 Å². The summed E-state index contributed by atoms with van der Waals surface area (Å²) in [5.74, 6) is 0.0953. The van der Waals surface area contributed by atoms with Gasteiger partial charge in [0.1, 0.15) is 5.75 Å². The largest absolute Gasteiger partial charge is 0.497 e. The predicted octanol–water partition coefficient (Wildman–Crippen LogP) is 4.98. The van der Waals surface area contributed by atoms with Crippen LogP contribution in [0.4, 0.5) is 5.13 Å². The summed E-state index contributed by atoms with van der Waals surface area (Å²) in [7, 11) is 1.62. The van der Waals surface area contributed by atoms with Crippen LogP contribution in [0.2, 0.25) is 0 Å². The van der Waals surface area contributed by atoms with Gasteiger partial charge in [0, 0.05) is 24.2 Å². The Labute approximate surface area is 173 Å². The highest BCUT2D eigenvalue weighted by atomic mass is 32.1. The van der Waals surface area contributed by atoms with Gasteiger partial charge in [-0.05, 0) is 29.3 Å². The molecule has 0 saturated heterocycles. The van der Waals surface area contributed by atoms with Crippen LogP contribution >= 0.6 is 11.3 Å². The average molecular weight is 401 g/mol. The molecule has 0 saturated carbocycles. The minimum absolute atomic E-state index is 0.142. The first-order valence-electron chi connectivity index (χ1n) is 9.10. The molecule has 5 nitrogen and oxygen atoms in total. The molecular weight excluding hydrogens is 382 g/mol. The van der Waals surface area contributed by atoms with Gasteiger partial charge in [0.15, 0.2) is 5.13 Å². The van der Waals surface area contributed by atoms with Crippen LogP contribution in [-0.2, 0) is 4.79 Å². The van der Waals surface area contributed by atoms with E-state index in [1.165, 1.54) is 11.3 Å². The van der Waals surface area contributed by atoms with Crippen LogP contribution in [0.25, 0.3) is 10.4 Å². The van der Waals surface area contributed by atoms with Crippen LogP contribution < -0.4 is 10.1 Å². The third kappa shape index (κ3) is 4.33. The maximum absolute atomic E-state index is 13.3. The summed E-state index contributed by atoms with van der Waals surface area (Å²) in [6.07, 6.45) is 5.26. The summed E-state index contributed by atoms with van der Waals surface area (Å²) >= 11 is 1.42. The average Bonchev–Trinajstić information content (AvgIpc) is 3.24. The molecule has 2 aromatic carbocycles. The molecule has 0 aliphatic rings. The maximum Gasteiger partial charge on any atom is 0.238 e. The van der Waals surface area contributed by atoms with Gasteiger partial charge in [0.2, 0.25) is 5.91 Å². The number of carbonyl (C=O) groups is 1. The molecule has 2 aromatic heterocycles. The van der Waals surface area contributed by atoms with Gasteiger partial charge in [-0.2, -0.15) is 0 Å². The van der Waals surface area contributed by atoms with Gasteiger partial charge in [0.05, 0.1) is 17.9 Å². The minimum atomic E-state index is -0.475. The molecule has 0 fully saturated rings. The zero-order valence-corrected chi connectivity index (χ0v) is 16.6. The molecule has 6 heteroatoms. The van der Waals surface area contributed by atoms with Crippen molar-refractivity contribution in [1.29, 1.82) is 0 Å². The Kier molecular flexibility index (Phi) is 5.63. The van der Waals surface area contributed by atoms with E-state index in [4.69, 9.17) is 4.74 Å². The topological polar surface area (TPSA) is 64.1 Å². The predicted molar refractivity (Wildman–Crippen MR) is 115 cm³/mol. The van der Waals surface area contributed by atoms with Crippen molar-refractivity contribution in [2.75, 3.05) is 12.4 Å². The van der Waals surface area contributed by atoms with E-state index < -0.39 is 5.92 Å². The number of benzene rings is 2. The van der Waals surface area contributed by atoms with E-state index in [2.05, 4.69) is 15.3 Å². The molecule has 1 unspecified atom stereocenters. The number of hydrogen-bond donors (Lipinski definition) is 1. The van der Waals surface area contributed by atoms with Crippen LogP contribution in [0.3, 0.4) is 0 Å². The second-order valence-corrected chi connectivity index (χ2v) is 7.41. The minimum Gasteiger partial charge on any atom is -0.497 e. The molecule has 0 spiro atoms. The van der Waals surface area contributed by atoms with Gasteiger partial charge in [-0.15, -0.1) is 0 Å². The fourth-order valence-corrected chi connectivity index (χ4v) is 3.92. The third-order valence-electron chi connectivity index (χ3n) is 4.50. The van der Waals surface area contributed by atoms with Crippen molar-refractivity contribution in [3.8, 4) is 16.2 Å². The Bertz CT molecular complexity index is 1100. The van der Waals surface area contributed by atoms with Gasteiger partial charge < -0.3 is 10.1 Å². The Hall–Kier alpha value is -3.51. The number of methoxy groups -OCH3 is 1. The van der Waals surface area contributed by atoms with Crippen molar-refractivity contribution in [3.63, 3.8) is 0 Å². The first kappa shape index (κ1) is 18.8. The van der Waals surface area contributed by atoms with Crippen molar-refractivity contribution in [1.82, 2.24) is 9.97 Å². The summed E-state index contributed by atoms with van der Waals surface area (Å²) in [5, 5.41) is 3.53. The lowest BCUT2D eigenvalue weighted by molar-refractivity contribution is -0.116. The Morgan fingerprint density at radius 2 is 1.83 bits per heavy atom. The summed E-state index contributed by atoms with van der Waals surface area (Å²) in [6.45, 7) is 0. The molecule has 0 aliphatic heterocycles. The van der Waals surface area contributed by atoms with Gasteiger partial charge in [-0.25, -0.2) is 4.98 Å². The highest BCUT2D eigenvalue weighted by molar-refractivity contribution is 7.19. The lowest BCUT2D eigenvalue weighted by Gasteiger charge is -2.17. The normalized spacial score (nSPS) is 11.6. The van der Waals surface area contributed by atoms with Crippen LogP contribution in [-0.4, -0.2) is 23.0 Å². The number of rotatable bonds is 6. The molecule has 0 radical (unpaired) electrons. The number of carbonyl (C=O) groups excluding carboxylic acids is 1. The van der Waals surface area contributed by atoms with Crippen molar-refractivity contribution in [3.05, 3.63) is 96.4 Å². The van der Waals surface area contributed by atoms with Gasteiger partial charge >= 0.3 is 0 Å². The molecule has 1 amide bonds. The Morgan fingerprint density at radius 1 is 1.00 bits per heavy atom. The molecule has 2 heterocycles. The number of nitrogens with zero attached hydrogens (tertiary/aromatic N) is 2. The maximum atomic E-state index is 13.3. The number of nitrogens with one attached hydrogen (secondary N) is 1. The lowest BCUT2D eigenvalue weighted by atomic mass is 9.90. The number of pyridine rings is 1. The highest BCUT2D eigenvalue weighted by Crippen LogP contribution is 2.32. The van der Waals surface area contributed by atoms with E-state index in [1.54, 1.807) is 25.7 Å². The summed E-state index contributed by atoms with van der Waals surface area (Å²) in [5.41, 5.74) is 2.73. The number of anilines is 1. The quantitative estimate of drug-likeness (QED) is 0.495. The first-order chi connectivity index (χ1) is 14.2. The van der Waals surface area contributed by atoms with Gasteiger partial charge in [-0.3, -0.25) is 9.78 Å². The van der Waals surface area contributed by atoms with Crippen LogP contribution in [0.15, 0.2) is 85.3 Å². The van der Waals surface area contributed by atoms with Crippen LogP contribution in [0.5, 0.6) is 5.75 Å². The standard InChI is InChI=1S/C23H19N3O2S/c1-28-19-11-5-9-17(13-19)21(16-7-3-2-4-8-16)22(27)26-23-25-15-20(29-23)18-10-6-12-24-14-18/h2-15,21H,1H3,(H,25,26,27). The zero-order valence-electron chi connectivity index (χ0n) is 15.8. The van der Waals surface area contributed by atoms with Gasteiger partial charge in [-0.1, -0.05) is 59.9 Å². The third-order valence-corrected chi connectivity index (χ3v) is 5.47. The molecule has 29 heavy (non-hydrogen) atoms. The monoisotopic (exact) mass is 401 g/mol. The van der Waals surface area contributed by atoms with Gasteiger partial charge in [0.25, 0.3) is 0 Å². The van der Waals surface area contributed by atoms with E-state index in [9.17, 15) is 4.79 Å². The van der Waals surface area contributed by atoms with Crippen molar-refractivity contribution in [2.24, 2.45) is 0 Å². The summed E-state index contributed by atoms with van der Waals surface area (Å²) in [4.78, 5) is 22.7. The molecule has 0 bridgehead atoms. The fourth-order valence-electron chi connectivity index (χ4n) is 3.11. The van der Waals surface area contributed by atoms with Crippen LogP contribution in [0.1, 0.15) is 17.0 Å². The molecule has 4 aromatic rings. The zero-order chi connectivity index (χ0) is 20.1. The second kappa shape index (κ2) is 8.67. The van der Waals surface area contributed by atoms with Crippen molar-refractivity contribution in [2.45, 2.75) is 5.92 Å². The van der Waals surface area contributed by atoms with Crippen molar-refractivity contribution < 1.29 is 9.53 Å². The van der Waals surface area contributed by atoms with Crippen molar-refractivity contribution >= 4 is 22.4 Å². The fraction of sp³-hybridized carbons (Fsp3) is 0.0870. The molecule has 0 aliphatic carbocycles. The summed E-state index contributed by atoms with van der Waals surface area (Å²) < 4.78 is 5.34. The van der Waals surface area contributed by atoms with E-state index >= 15 is 0 Å². The van der Waals surface area contributed by atoms with E-state index in [-0.39, 0.29) is 5.91 Å². The second-order valence-electron chi connectivity index (χ2n) is 6.38. The molecule has 1 atom stereocenters. The van der Waals surface area contributed by atoms with Crippen LogP contribution in [0, 0.1) is 0 Å². The molecular formula is C23H19N3O2S. The first-order valence-corrected chi connectivity index (χ1v) is 9.92. The van der Waals surface area contributed by atoms with E-state index in [0.29, 0.717) is 10.9 Å². The lowest BCUT2D eigenvalue weighted by Crippen LogP contribution is -2.22.